The fourth-order valence-corrected chi connectivity index (χ4v) is 2.27. The van der Waals surface area contributed by atoms with Gasteiger partial charge in [-0.3, -0.25) is 4.79 Å². The molecule has 1 aromatic carbocycles. The van der Waals surface area contributed by atoms with Crippen molar-refractivity contribution in [1.29, 1.82) is 0 Å². The molecule has 3 rings (SSSR count). The van der Waals surface area contributed by atoms with E-state index >= 15 is 0 Å². The van der Waals surface area contributed by atoms with Crippen LogP contribution in [0, 0.1) is 5.82 Å². The van der Waals surface area contributed by atoms with Crippen LogP contribution in [0.4, 0.5) is 10.1 Å². The Kier molecular flexibility index (Phi) is 4.51. The van der Waals surface area contributed by atoms with Crippen molar-refractivity contribution in [3.63, 3.8) is 0 Å². The van der Waals surface area contributed by atoms with Crippen molar-refractivity contribution in [2.45, 2.75) is 6.42 Å². The molecule has 122 valence electrons. The third-order valence-corrected chi connectivity index (χ3v) is 3.36. The first-order valence-corrected chi connectivity index (χ1v) is 7.24. The van der Waals surface area contributed by atoms with Gasteiger partial charge in [-0.2, -0.15) is 5.10 Å². The molecule has 0 aliphatic rings. The van der Waals surface area contributed by atoms with E-state index in [1.165, 1.54) is 19.2 Å². The second kappa shape index (κ2) is 6.91. The van der Waals surface area contributed by atoms with Gasteiger partial charge in [-0.05, 0) is 35.9 Å². The third kappa shape index (κ3) is 3.40. The largest absolute Gasteiger partial charge is 0.494 e. The van der Waals surface area contributed by atoms with E-state index in [0.29, 0.717) is 17.1 Å². The van der Waals surface area contributed by atoms with Gasteiger partial charge in [-0.25, -0.2) is 14.1 Å². The van der Waals surface area contributed by atoms with Crippen LogP contribution in [0.2, 0.25) is 0 Å². The molecular formula is C17H15FN4O2. The second-order valence-corrected chi connectivity index (χ2v) is 5.02. The third-order valence-electron chi connectivity index (χ3n) is 3.36. The Morgan fingerprint density at radius 3 is 2.88 bits per heavy atom. The number of nitrogens with one attached hydrogen (secondary N) is 1. The zero-order valence-electron chi connectivity index (χ0n) is 12.9. The second-order valence-electron chi connectivity index (χ2n) is 5.02. The van der Waals surface area contributed by atoms with Gasteiger partial charge in [0, 0.05) is 18.6 Å². The summed E-state index contributed by atoms with van der Waals surface area (Å²) < 4.78 is 20.1. The molecular weight excluding hydrogens is 311 g/mol. The Balaban J connectivity index is 1.75. The maximum Gasteiger partial charge on any atom is 0.228 e. The number of carbonyl (C=O) groups excluding carboxylic acids is 1. The number of anilines is 1. The number of hydrogen-bond acceptors (Lipinski definition) is 4. The molecule has 0 spiro atoms. The fraction of sp³-hybridized carbons (Fsp3) is 0.118. The quantitative estimate of drug-likeness (QED) is 0.782. The van der Waals surface area contributed by atoms with Gasteiger partial charge in [-0.15, -0.1) is 0 Å². The van der Waals surface area contributed by atoms with Crippen molar-refractivity contribution in [3.8, 4) is 11.6 Å². The number of rotatable bonds is 5. The number of aromatic nitrogens is 3. The Labute approximate surface area is 137 Å². The molecule has 0 atom stereocenters. The van der Waals surface area contributed by atoms with E-state index in [1.807, 2.05) is 0 Å². The molecule has 1 amide bonds. The van der Waals surface area contributed by atoms with Gasteiger partial charge in [0.15, 0.2) is 17.4 Å². The summed E-state index contributed by atoms with van der Waals surface area (Å²) in [6.07, 6.45) is 5.01. The summed E-state index contributed by atoms with van der Waals surface area (Å²) in [4.78, 5) is 16.5. The zero-order valence-corrected chi connectivity index (χ0v) is 12.9. The molecule has 24 heavy (non-hydrogen) atoms. The van der Waals surface area contributed by atoms with Gasteiger partial charge in [0.1, 0.15) is 0 Å². The van der Waals surface area contributed by atoms with Crippen LogP contribution in [0.1, 0.15) is 5.56 Å². The summed E-state index contributed by atoms with van der Waals surface area (Å²) in [5, 5.41) is 6.89. The van der Waals surface area contributed by atoms with Gasteiger partial charge in [0.05, 0.1) is 19.2 Å². The van der Waals surface area contributed by atoms with E-state index in [9.17, 15) is 9.18 Å². The van der Waals surface area contributed by atoms with Crippen LogP contribution in [0.5, 0.6) is 5.75 Å². The van der Waals surface area contributed by atoms with Crippen molar-refractivity contribution >= 4 is 11.6 Å². The average Bonchev–Trinajstić information content (AvgIpc) is 3.10. The molecule has 0 aliphatic heterocycles. The number of amides is 1. The van der Waals surface area contributed by atoms with Crippen molar-refractivity contribution in [1.82, 2.24) is 14.8 Å². The predicted molar refractivity (Wildman–Crippen MR) is 86.6 cm³/mol. The Hall–Kier alpha value is -3.22. The van der Waals surface area contributed by atoms with Crippen LogP contribution in [-0.4, -0.2) is 27.8 Å². The Bertz CT molecular complexity index is 850. The van der Waals surface area contributed by atoms with E-state index in [4.69, 9.17) is 4.74 Å². The number of nitrogens with zero attached hydrogens (tertiary/aromatic N) is 3. The summed E-state index contributed by atoms with van der Waals surface area (Å²) in [5.41, 5.74) is 1.08. The lowest BCUT2D eigenvalue weighted by Gasteiger charge is -2.10. The maximum absolute atomic E-state index is 13.7. The number of methoxy groups -OCH3 is 1. The van der Waals surface area contributed by atoms with Crippen LogP contribution in [0.3, 0.4) is 0 Å². The van der Waals surface area contributed by atoms with Gasteiger partial charge < -0.3 is 10.1 Å². The topological polar surface area (TPSA) is 69.0 Å². The number of ether oxygens (including phenoxy) is 1. The summed E-state index contributed by atoms with van der Waals surface area (Å²) >= 11 is 0. The van der Waals surface area contributed by atoms with Crippen LogP contribution in [0.25, 0.3) is 5.82 Å². The number of halogens is 1. The summed E-state index contributed by atoms with van der Waals surface area (Å²) in [5.74, 6) is -0.119. The molecule has 0 fully saturated rings. The van der Waals surface area contributed by atoms with E-state index in [2.05, 4.69) is 15.4 Å². The van der Waals surface area contributed by atoms with Crippen LogP contribution in [0.15, 0.2) is 55.0 Å². The highest BCUT2D eigenvalue weighted by molar-refractivity contribution is 5.93. The van der Waals surface area contributed by atoms with Crippen LogP contribution < -0.4 is 10.1 Å². The van der Waals surface area contributed by atoms with Crippen molar-refractivity contribution in [2.24, 2.45) is 0 Å². The molecule has 0 bridgehead atoms. The minimum absolute atomic E-state index is 0.0361. The molecule has 0 radical (unpaired) electrons. The van der Waals surface area contributed by atoms with Crippen molar-refractivity contribution in [2.75, 3.05) is 12.4 Å². The van der Waals surface area contributed by atoms with E-state index in [-0.39, 0.29) is 18.1 Å². The van der Waals surface area contributed by atoms with Gasteiger partial charge in [0.2, 0.25) is 5.91 Å². The molecule has 0 saturated heterocycles. The van der Waals surface area contributed by atoms with Crippen molar-refractivity contribution < 1.29 is 13.9 Å². The van der Waals surface area contributed by atoms with Gasteiger partial charge >= 0.3 is 0 Å². The number of benzene rings is 1. The van der Waals surface area contributed by atoms with Crippen molar-refractivity contribution in [3.05, 3.63) is 66.4 Å². The molecule has 1 N–H and O–H groups in total. The fourth-order valence-electron chi connectivity index (χ4n) is 2.27. The zero-order chi connectivity index (χ0) is 16.9. The van der Waals surface area contributed by atoms with Crippen LogP contribution >= 0.6 is 0 Å². The molecule has 0 aliphatic carbocycles. The molecule has 0 saturated carbocycles. The van der Waals surface area contributed by atoms with Crippen LogP contribution in [-0.2, 0) is 11.2 Å². The van der Waals surface area contributed by atoms with E-state index in [1.54, 1.807) is 47.5 Å². The summed E-state index contributed by atoms with van der Waals surface area (Å²) in [7, 11) is 1.39. The summed E-state index contributed by atoms with van der Waals surface area (Å²) in [6.45, 7) is 0. The maximum atomic E-state index is 13.7. The highest BCUT2D eigenvalue weighted by atomic mass is 19.1. The lowest BCUT2D eigenvalue weighted by atomic mass is 10.1. The predicted octanol–water partition coefficient (Wildman–Crippen LogP) is 2.60. The normalized spacial score (nSPS) is 10.4. The lowest BCUT2D eigenvalue weighted by Crippen LogP contribution is -2.16. The van der Waals surface area contributed by atoms with E-state index in [0.717, 1.165) is 0 Å². The SMILES string of the molecule is COc1ccc(CC(=O)Nc2cccnc2-n2cccn2)cc1F. The first-order valence-electron chi connectivity index (χ1n) is 7.24. The minimum atomic E-state index is -0.499. The van der Waals surface area contributed by atoms with Gasteiger partial charge in [-0.1, -0.05) is 6.07 Å². The first-order chi connectivity index (χ1) is 11.7. The molecule has 2 aromatic heterocycles. The first kappa shape index (κ1) is 15.7. The standard InChI is InChI=1S/C17H15FN4O2/c1-24-15-6-5-12(10-13(15)18)11-16(23)21-14-4-2-7-19-17(14)22-9-3-8-20-22/h2-10H,11H2,1H3,(H,21,23). The number of carbonyl (C=O) groups is 1. The molecule has 2 heterocycles. The van der Waals surface area contributed by atoms with E-state index < -0.39 is 5.82 Å². The minimum Gasteiger partial charge on any atom is -0.494 e. The number of pyridine rings is 1. The Morgan fingerprint density at radius 1 is 1.29 bits per heavy atom. The molecule has 0 unspecified atom stereocenters. The molecule has 3 aromatic rings. The lowest BCUT2D eigenvalue weighted by molar-refractivity contribution is -0.115. The average molecular weight is 326 g/mol. The molecule has 7 heteroatoms. The van der Waals surface area contributed by atoms with Gasteiger partial charge in [0.25, 0.3) is 0 Å². The monoisotopic (exact) mass is 326 g/mol. The highest BCUT2D eigenvalue weighted by Gasteiger charge is 2.11. The molecule has 6 nitrogen and oxygen atoms in total. The Morgan fingerprint density at radius 2 is 2.17 bits per heavy atom. The summed E-state index contributed by atoms with van der Waals surface area (Å²) in [6, 6.07) is 9.65. The number of hydrogen-bond donors (Lipinski definition) is 1. The smallest absolute Gasteiger partial charge is 0.228 e. The highest BCUT2D eigenvalue weighted by Crippen LogP contribution is 2.19.